The number of urea groups is 1. The smallest absolute Gasteiger partial charge is 0.322 e. The molecule has 122 valence electrons. The zero-order chi connectivity index (χ0) is 16.2. The first-order chi connectivity index (χ1) is 11.2. The minimum atomic E-state index is -0.120. The van der Waals surface area contributed by atoms with E-state index in [2.05, 4.69) is 10.5 Å². The van der Waals surface area contributed by atoms with E-state index in [1.807, 2.05) is 44.2 Å². The molecule has 3 rings (SSSR count). The second-order valence-corrected chi connectivity index (χ2v) is 5.61. The van der Waals surface area contributed by atoms with Crippen molar-refractivity contribution in [1.82, 2.24) is 10.1 Å². The zero-order valence-corrected chi connectivity index (χ0v) is 13.4. The number of benzene rings is 1. The van der Waals surface area contributed by atoms with Gasteiger partial charge in [-0.15, -0.1) is 0 Å². The molecule has 0 bridgehead atoms. The van der Waals surface area contributed by atoms with Crippen LogP contribution in [0.5, 0.6) is 5.75 Å². The molecule has 0 unspecified atom stereocenters. The Bertz CT molecular complexity index is 666. The highest BCUT2D eigenvalue weighted by molar-refractivity contribution is 5.89. The Morgan fingerprint density at radius 1 is 1.43 bits per heavy atom. The van der Waals surface area contributed by atoms with Crippen molar-refractivity contribution in [3.8, 4) is 5.75 Å². The van der Waals surface area contributed by atoms with Crippen LogP contribution in [-0.4, -0.2) is 29.2 Å². The van der Waals surface area contributed by atoms with Gasteiger partial charge in [-0.1, -0.05) is 5.16 Å². The van der Waals surface area contributed by atoms with E-state index in [1.54, 1.807) is 4.90 Å². The lowest BCUT2D eigenvalue weighted by molar-refractivity contribution is 0.195. The molecule has 1 aliphatic heterocycles. The number of ether oxygens (including phenoxy) is 1. The van der Waals surface area contributed by atoms with Gasteiger partial charge >= 0.3 is 6.03 Å². The average Bonchev–Trinajstić information content (AvgIpc) is 3.18. The van der Waals surface area contributed by atoms with Gasteiger partial charge < -0.3 is 19.5 Å². The fraction of sp³-hybridized carbons (Fsp3) is 0.412. The van der Waals surface area contributed by atoms with Gasteiger partial charge in [0, 0.05) is 18.3 Å². The number of likely N-dealkylation sites (tertiary alicyclic amines) is 1. The molecule has 2 amide bonds. The lowest BCUT2D eigenvalue weighted by Crippen LogP contribution is -2.34. The van der Waals surface area contributed by atoms with Crippen molar-refractivity contribution in [3.63, 3.8) is 0 Å². The first-order valence-electron chi connectivity index (χ1n) is 7.91. The number of carbonyl (C=O) groups is 1. The zero-order valence-electron chi connectivity index (χ0n) is 13.4. The van der Waals surface area contributed by atoms with E-state index in [1.165, 1.54) is 0 Å². The summed E-state index contributed by atoms with van der Waals surface area (Å²) in [5.74, 6) is 1.54. The summed E-state index contributed by atoms with van der Waals surface area (Å²) in [5.41, 5.74) is 1.58. The molecule has 0 saturated carbocycles. The maximum absolute atomic E-state index is 12.5. The largest absolute Gasteiger partial charge is 0.494 e. The van der Waals surface area contributed by atoms with Crippen LogP contribution >= 0.6 is 0 Å². The van der Waals surface area contributed by atoms with Crippen molar-refractivity contribution in [2.24, 2.45) is 0 Å². The van der Waals surface area contributed by atoms with Gasteiger partial charge in [0.2, 0.25) is 0 Å². The standard InChI is InChI=1S/C17H21N3O3/c1-3-22-14-8-6-13(7-9-14)18-17(21)20-10-4-5-15(20)16-11-12(2)19-23-16/h6-9,11,15H,3-5,10H2,1-2H3,(H,18,21)/t15-/m0/s1. The molecule has 1 aromatic heterocycles. The van der Waals surface area contributed by atoms with Crippen LogP contribution < -0.4 is 10.1 Å². The second-order valence-electron chi connectivity index (χ2n) is 5.61. The van der Waals surface area contributed by atoms with Gasteiger partial charge in [0.1, 0.15) is 5.75 Å². The summed E-state index contributed by atoms with van der Waals surface area (Å²) in [7, 11) is 0. The fourth-order valence-electron chi connectivity index (χ4n) is 2.84. The summed E-state index contributed by atoms with van der Waals surface area (Å²) in [6.07, 6.45) is 1.85. The van der Waals surface area contributed by atoms with E-state index in [-0.39, 0.29) is 12.1 Å². The molecular weight excluding hydrogens is 294 g/mol. The van der Waals surface area contributed by atoms with E-state index in [0.717, 1.165) is 35.7 Å². The Kier molecular flexibility index (Phi) is 4.50. The third-order valence-corrected chi connectivity index (χ3v) is 3.90. The SMILES string of the molecule is CCOc1ccc(NC(=O)N2CCC[C@H]2c2cc(C)no2)cc1. The summed E-state index contributed by atoms with van der Waals surface area (Å²) in [6.45, 7) is 5.16. The number of aromatic nitrogens is 1. The number of nitrogens with zero attached hydrogens (tertiary/aromatic N) is 2. The lowest BCUT2D eigenvalue weighted by Gasteiger charge is -2.23. The number of amides is 2. The first kappa shape index (κ1) is 15.4. The summed E-state index contributed by atoms with van der Waals surface area (Å²) in [4.78, 5) is 14.3. The summed E-state index contributed by atoms with van der Waals surface area (Å²) in [6, 6.07) is 9.11. The highest BCUT2D eigenvalue weighted by atomic mass is 16.5. The van der Waals surface area contributed by atoms with Crippen LogP contribution in [0, 0.1) is 6.92 Å². The lowest BCUT2D eigenvalue weighted by atomic mass is 10.1. The van der Waals surface area contributed by atoms with Crippen LogP contribution in [0.25, 0.3) is 0 Å². The molecule has 2 aromatic rings. The third kappa shape index (κ3) is 3.47. The molecular formula is C17H21N3O3. The Morgan fingerprint density at radius 3 is 2.87 bits per heavy atom. The molecule has 1 aliphatic rings. The van der Waals surface area contributed by atoms with Gasteiger partial charge in [0.05, 0.1) is 18.3 Å². The summed E-state index contributed by atoms with van der Waals surface area (Å²) >= 11 is 0. The van der Waals surface area contributed by atoms with Crippen molar-refractivity contribution >= 4 is 11.7 Å². The van der Waals surface area contributed by atoms with E-state index in [9.17, 15) is 4.79 Å². The summed E-state index contributed by atoms with van der Waals surface area (Å²) < 4.78 is 10.7. The molecule has 23 heavy (non-hydrogen) atoms. The topological polar surface area (TPSA) is 67.6 Å². The summed E-state index contributed by atoms with van der Waals surface area (Å²) in [5, 5.41) is 6.85. The van der Waals surface area contributed by atoms with Gasteiger partial charge in [-0.05, 0) is 51.0 Å². The molecule has 0 radical (unpaired) electrons. The molecule has 1 aromatic carbocycles. The van der Waals surface area contributed by atoms with E-state index < -0.39 is 0 Å². The van der Waals surface area contributed by atoms with Crippen molar-refractivity contribution in [1.29, 1.82) is 0 Å². The molecule has 0 aliphatic carbocycles. The van der Waals surface area contributed by atoms with Crippen molar-refractivity contribution < 1.29 is 14.1 Å². The van der Waals surface area contributed by atoms with Crippen LogP contribution in [0.3, 0.4) is 0 Å². The van der Waals surface area contributed by atoms with Crippen LogP contribution in [0.4, 0.5) is 10.5 Å². The fourth-order valence-corrected chi connectivity index (χ4v) is 2.84. The van der Waals surface area contributed by atoms with Crippen molar-refractivity contribution in [2.45, 2.75) is 32.7 Å². The van der Waals surface area contributed by atoms with Gasteiger partial charge in [-0.2, -0.15) is 0 Å². The molecule has 1 fully saturated rings. The molecule has 0 spiro atoms. The molecule has 2 heterocycles. The Hall–Kier alpha value is -2.50. The van der Waals surface area contributed by atoms with Crippen molar-refractivity contribution in [2.75, 3.05) is 18.5 Å². The molecule has 6 nitrogen and oxygen atoms in total. The monoisotopic (exact) mass is 315 g/mol. The Morgan fingerprint density at radius 2 is 2.22 bits per heavy atom. The minimum Gasteiger partial charge on any atom is -0.494 e. The van der Waals surface area contributed by atoms with E-state index in [4.69, 9.17) is 9.26 Å². The maximum atomic E-state index is 12.5. The molecule has 1 saturated heterocycles. The number of aryl methyl sites for hydroxylation is 1. The number of anilines is 1. The van der Waals surface area contributed by atoms with Gasteiger partial charge in [0.25, 0.3) is 0 Å². The van der Waals surface area contributed by atoms with Gasteiger partial charge in [-0.3, -0.25) is 0 Å². The van der Waals surface area contributed by atoms with E-state index >= 15 is 0 Å². The number of hydrogen-bond acceptors (Lipinski definition) is 4. The number of nitrogens with one attached hydrogen (secondary N) is 1. The number of carbonyl (C=O) groups excluding carboxylic acids is 1. The predicted octanol–water partition coefficient (Wildman–Crippen LogP) is 3.75. The average molecular weight is 315 g/mol. The van der Waals surface area contributed by atoms with Crippen LogP contribution in [0.1, 0.15) is 37.3 Å². The van der Waals surface area contributed by atoms with Gasteiger partial charge in [-0.25, -0.2) is 4.79 Å². The Balaban J connectivity index is 1.67. The Labute approximate surface area is 135 Å². The van der Waals surface area contributed by atoms with E-state index in [0.29, 0.717) is 13.2 Å². The number of rotatable bonds is 4. The number of hydrogen-bond donors (Lipinski definition) is 1. The normalized spacial score (nSPS) is 17.3. The maximum Gasteiger partial charge on any atom is 0.322 e. The highest BCUT2D eigenvalue weighted by Gasteiger charge is 2.32. The van der Waals surface area contributed by atoms with Crippen molar-refractivity contribution in [3.05, 3.63) is 41.8 Å². The molecule has 1 N–H and O–H groups in total. The first-order valence-corrected chi connectivity index (χ1v) is 7.91. The quantitative estimate of drug-likeness (QED) is 0.933. The van der Waals surface area contributed by atoms with Crippen LogP contribution in [0.2, 0.25) is 0 Å². The molecule has 1 atom stereocenters. The van der Waals surface area contributed by atoms with Crippen LogP contribution in [-0.2, 0) is 0 Å². The van der Waals surface area contributed by atoms with Gasteiger partial charge in [0.15, 0.2) is 5.76 Å². The van der Waals surface area contributed by atoms with Crippen LogP contribution in [0.15, 0.2) is 34.9 Å². The predicted molar refractivity (Wildman–Crippen MR) is 86.6 cm³/mol. The minimum absolute atomic E-state index is 0.0427. The highest BCUT2D eigenvalue weighted by Crippen LogP contribution is 2.32. The second kappa shape index (κ2) is 6.73. The molecule has 6 heteroatoms. The third-order valence-electron chi connectivity index (χ3n) is 3.90.